The molecule has 0 saturated carbocycles. The highest BCUT2D eigenvalue weighted by molar-refractivity contribution is 6.03. The van der Waals surface area contributed by atoms with Gasteiger partial charge in [0.15, 0.2) is 0 Å². The summed E-state index contributed by atoms with van der Waals surface area (Å²) in [4.78, 5) is 21.4. The van der Waals surface area contributed by atoms with E-state index in [1.54, 1.807) is 24.4 Å². The molecule has 0 fully saturated rings. The first-order valence-corrected chi connectivity index (χ1v) is 8.48. The van der Waals surface area contributed by atoms with Gasteiger partial charge in [0.05, 0.1) is 11.4 Å². The van der Waals surface area contributed by atoms with Crippen molar-refractivity contribution in [3.63, 3.8) is 0 Å². The second-order valence-corrected chi connectivity index (χ2v) is 6.04. The number of carbonyl (C=O) groups is 1. The van der Waals surface area contributed by atoms with Crippen molar-refractivity contribution in [2.24, 2.45) is 4.99 Å². The molecule has 2 heterocycles. The summed E-state index contributed by atoms with van der Waals surface area (Å²) in [6, 6.07) is 23.1. The van der Waals surface area contributed by atoms with Crippen molar-refractivity contribution in [3.8, 4) is 0 Å². The van der Waals surface area contributed by atoms with Crippen LogP contribution in [-0.2, 0) is 6.42 Å². The van der Waals surface area contributed by atoms with E-state index in [4.69, 9.17) is 4.99 Å². The van der Waals surface area contributed by atoms with Crippen molar-refractivity contribution in [3.05, 3.63) is 90.3 Å². The predicted octanol–water partition coefficient (Wildman–Crippen LogP) is 3.58. The molecular weight excluding hydrogens is 324 g/mol. The number of fused-ring (bicyclic) bond motifs is 1. The average Bonchev–Trinajstić information content (AvgIpc) is 3.13. The minimum absolute atomic E-state index is 0.238. The first-order chi connectivity index (χ1) is 12.8. The highest BCUT2D eigenvalue weighted by atomic mass is 16.2. The minimum Gasteiger partial charge on any atom is -0.361 e. The van der Waals surface area contributed by atoms with Gasteiger partial charge in [0.25, 0.3) is 5.91 Å². The van der Waals surface area contributed by atoms with Crippen LogP contribution in [0.2, 0.25) is 0 Å². The number of hydrogen-bond donors (Lipinski definition) is 2. The molecule has 5 heteroatoms. The zero-order valence-electron chi connectivity index (χ0n) is 14.1. The molecule has 2 N–H and O–H groups in total. The highest BCUT2D eigenvalue weighted by Gasteiger charge is 2.24. The van der Waals surface area contributed by atoms with Gasteiger partial charge in [-0.15, -0.1) is 0 Å². The molecule has 2 aromatic carbocycles. The molecule has 5 nitrogen and oxygen atoms in total. The Labute approximate surface area is 151 Å². The Morgan fingerprint density at radius 2 is 1.69 bits per heavy atom. The van der Waals surface area contributed by atoms with Crippen LogP contribution in [0.4, 0.5) is 11.4 Å². The van der Waals surface area contributed by atoms with Gasteiger partial charge in [-0.25, -0.2) is 0 Å². The van der Waals surface area contributed by atoms with E-state index < -0.39 is 6.17 Å². The summed E-state index contributed by atoms with van der Waals surface area (Å²) < 4.78 is 0. The second-order valence-electron chi connectivity index (χ2n) is 6.04. The van der Waals surface area contributed by atoms with E-state index in [2.05, 4.69) is 21.7 Å². The summed E-state index contributed by atoms with van der Waals surface area (Å²) in [5, 5.41) is 6.38. The van der Waals surface area contributed by atoms with E-state index in [0.717, 1.165) is 22.6 Å². The number of amides is 1. The Morgan fingerprint density at radius 1 is 0.923 bits per heavy atom. The van der Waals surface area contributed by atoms with Crippen molar-refractivity contribution < 1.29 is 4.79 Å². The number of nitrogens with one attached hydrogen (secondary N) is 2. The normalized spacial score (nSPS) is 13.5. The zero-order valence-corrected chi connectivity index (χ0v) is 14.1. The number of aromatic nitrogens is 1. The van der Waals surface area contributed by atoms with E-state index in [0.29, 0.717) is 12.1 Å². The fourth-order valence-electron chi connectivity index (χ4n) is 2.93. The first-order valence-electron chi connectivity index (χ1n) is 8.48. The van der Waals surface area contributed by atoms with E-state index in [1.165, 1.54) is 0 Å². The van der Waals surface area contributed by atoms with E-state index in [-0.39, 0.29) is 5.91 Å². The molecule has 0 bridgehead atoms. The Morgan fingerprint density at radius 3 is 2.46 bits per heavy atom. The van der Waals surface area contributed by atoms with Gasteiger partial charge in [-0.2, -0.15) is 0 Å². The molecule has 1 atom stereocenters. The van der Waals surface area contributed by atoms with Crippen LogP contribution in [0.15, 0.2) is 84.0 Å². The molecule has 1 unspecified atom stereocenters. The largest absolute Gasteiger partial charge is 0.361 e. The van der Waals surface area contributed by atoms with Gasteiger partial charge in [0, 0.05) is 18.3 Å². The Kier molecular flexibility index (Phi) is 4.43. The fourth-order valence-corrected chi connectivity index (χ4v) is 2.93. The summed E-state index contributed by atoms with van der Waals surface area (Å²) >= 11 is 0. The lowest BCUT2D eigenvalue weighted by Crippen LogP contribution is -2.46. The molecule has 4 rings (SSSR count). The molecule has 1 aliphatic heterocycles. The van der Waals surface area contributed by atoms with E-state index >= 15 is 0 Å². The van der Waals surface area contributed by atoms with Crippen LogP contribution in [0, 0.1) is 0 Å². The third-order valence-electron chi connectivity index (χ3n) is 4.22. The maximum Gasteiger partial charge on any atom is 0.271 e. The summed E-state index contributed by atoms with van der Waals surface area (Å²) in [6.45, 7) is 0. The molecule has 1 aromatic heterocycles. The van der Waals surface area contributed by atoms with Gasteiger partial charge >= 0.3 is 0 Å². The Balaban J connectivity index is 1.59. The number of carbonyl (C=O) groups excluding carboxylic acids is 1. The summed E-state index contributed by atoms with van der Waals surface area (Å²) in [5.41, 5.74) is 4.28. The Hall–Kier alpha value is -3.47. The van der Waals surface area contributed by atoms with Crippen molar-refractivity contribution in [1.82, 2.24) is 10.3 Å². The van der Waals surface area contributed by atoms with Gasteiger partial charge in [-0.05, 0) is 35.9 Å². The van der Waals surface area contributed by atoms with Gasteiger partial charge < -0.3 is 10.6 Å². The monoisotopic (exact) mass is 342 g/mol. The number of para-hydroxylation sites is 2. The van der Waals surface area contributed by atoms with Gasteiger partial charge in [-0.1, -0.05) is 42.5 Å². The number of pyridine rings is 1. The molecule has 3 aromatic rings. The third kappa shape index (κ3) is 3.47. The predicted molar refractivity (Wildman–Crippen MR) is 103 cm³/mol. The van der Waals surface area contributed by atoms with Crippen LogP contribution in [0.1, 0.15) is 16.1 Å². The van der Waals surface area contributed by atoms with E-state index in [1.807, 2.05) is 48.5 Å². The lowest BCUT2D eigenvalue weighted by molar-refractivity contribution is 0.0945. The quantitative estimate of drug-likeness (QED) is 0.697. The number of nitrogens with zero attached hydrogens (tertiary/aromatic N) is 2. The van der Waals surface area contributed by atoms with Crippen LogP contribution < -0.4 is 10.6 Å². The minimum atomic E-state index is -0.417. The molecule has 0 spiro atoms. The lowest BCUT2D eigenvalue weighted by atomic mass is 10.1. The van der Waals surface area contributed by atoms with Crippen LogP contribution in [0.25, 0.3) is 0 Å². The SMILES string of the molecule is O=C(NC(Nc1ccccc1)C1=Nc2ccccc2C1)c1ccccn1. The molecule has 1 amide bonds. The maximum atomic E-state index is 12.6. The molecule has 0 radical (unpaired) electrons. The van der Waals surface area contributed by atoms with Crippen molar-refractivity contribution in [2.75, 3.05) is 5.32 Å². The van der Waals surface area contributed by atoms with Gasteiger partial charge in [-0.3, -0.25) is 14.8 Å². The summed E-state index contributed by atoms with van der Waals surface area (Å²) in [6.07, 6.45) is 1.89. The average molecular weight is 342 g/mol. The zero-order chi connectivity index (χ0) is 17.8. The molecular formula is C21H18N4O. The summed E-state index contributed by atoms with van der Waals surface area (Å²) in [7, 11) is 0. The van der Waals surface area contributed by atoms with E-state index in [9.17, 15) is 4.79 Å². The molecule has 0 aliphatic carbocycles. The molecule has 1 aliphatic rings. The standard InChI is InChI=1S/C21H18N4O/c26-21(18-12-6-7-13-22-18)25-20(23-16-9-2-1-3-10-16)19-14-15-8-4-5-11-17(15)24-19/h1-13,20,23H,14H2,(H,25,26). The van der Waals surface area contributed by atoms with Crippen LogP contribution in [0.3, 0.4) is 0 Å². The maximum absolute atomic E-state index is 12.6. The van der Waals surface area contributed by atoms with Crippen molar-refractivity contribution >= 4 is 23.0 Å². The second kappa shape index (κ2) is 7.19. The number of benzene rings is 2. The fraction of sp³-hybridized carbons (Fsp3) is 0.0952. The van der Waals surface area contributed by atoms with Crippen molar-refractivity contribution in [1.29, 1.82) is 0 Å². The van der Waals surface area contributed by atoms with Crippen molar-refractivity contribution in [2.45, 2.75) is 12.6 Å². The summed E-state index contributed by atoms with van der Waals surface area (Å²) in [5.74, 6) is -0.238. The van der Waals surface area contributed by atoms with Crippen LogP contribution in [0.5, 0.6) is 0 Å². The smallest absolute Gasteiger partial charge is 0.271 e. The van der Waals surface area contributed by atoms with Gasteiger partial charge in [0.2, 0.25) is 0 Å². The third-order valence-corrected chi connectivity index (χ3v) is 4.22. The van der Waals surface area contributed by atoms with Crippen LogP contribution in [-0.4, -0.2) is 22.8 Å². The molecule has 26 heavy (non-hydrogen) atoms. The number of hydrogen-bond acceptors (Lipinski definition) is 4. The number of anilines is 1. The first kappa shape index (κ1) is 16.0. The molecule has 0 saturated heterocycles. The molecule has 128 valence electrons. The van der Waals surface area contributed by atoms with Crippen LogP contribution >= 0.6 is 0 Å². The highest BCUT2D eigenvalue weighted by Crippen LogP contribution is 2.27. The number of rotatable bonds is 5. The topological polar surface area (TPSA) is 66.4 Å². The van der Waals surface area contributed by atoms with Gasteiger partial charge in [0.1, 0.15) is 11.9 Å². The lowest BCUT2D eigenvalue weighted by Gasteiger charge is -2.21. The number of aliphatic imine (C=N–C) groups is 1. The Bertz CT molecular complexity index is 938.